The predicted molar refractivity (Wildman–Crippen MR) is 68.3 cm³/mol. The van der Waals surface area contributed by atoms with Crippen molar-refractivity contribution in [2.24, 2.45) is 0 Å². The Hall–Kier alpha value is -0.170. The Morgan fingerprint density at radius 1 is 1.18 bits per heavy atom. The number of hydrogen-bond acceptors (Lipinski definition) is 0. The van der Waals surface area contributed by atoms with Crippen LogP contribution in [0.15, 0.2) is 12.1 Å². The zero-order valence-electron chi connectivity index (χ0n) is 10.6. The zero-order chi connectivity index (χ0) is 11.0. The Morgan fingerprint density at radius 2 is 2.00 bits per heavy atom. The summed E-state index contributed by atoms with van der Waals surface area (Å²) in [5.41, 5.74) is 7.93. The molecule has 0 saturated heterocycles. The van der Waals surface area contributed by atoms with Gasteiger partial charge in [0.05, 0.1) is 0 Å². The summed E-state index contributed by atoms with van der Waals surface area (Å²) in [5.74, 6) is 0. The summed E-state index contributed by atoms with van der Waals surface area (Å²) < 4.78 is 0. The first-order chi connectivity index (χ1) is 7.90. The molecule has 0 N–H and O–H groups in total. The molecule has 2 aliphatic rings. The molecule has 0 spiro atoms. The van der Waals surface area contributed by atoms with Gasteiger partial charge >= 0.3 is 0 Å². The fourth-order valence-electron chi connectivity index (χ4n) is 3.10. The molecule has 0 heterocycles. The molecular weight excluding hydrogens is 371 g/mol. The summed E-state index contributed by atoms with van der Waals surface area (Å²) in [6.07, 6.45) is 12.4. The third-order valence-electron chi connectivity index (χ3n) is 3.94. The minimum Gasteiger partial charge on any atom is -0.268 e. The van der Waals surface area contributed by atoms with E-state index in [1.807, 2.05) is 0 Å². The van der Waals surface area contributed by atoms with E-state index in [2.05, 4.69) is 25.1 Å². The minimum absolute atomic E-state index is 0. The second-order valence-electron chi connectivity index (χ2n) is 5.03. The van der Waals surface area contributed by atoms with Gasteiger partial charge in [-0.3, -0.25) is 6.08 Å². The molecule has 1 heteroatoms. The van der Waals surface area contributed by atoms with Crippen molar-refractivity contribution in [1.82, 2.24) is 0 Å². The van der Waals surface area contributed by atoms with Gasteiger partial charge in [0.25, 0.3) is 0 Å². The second-order valence-corrected chi connectivity index (χ2v) is 5.03. The van der Waals surface area contributed by atoms with Crippen LogP contribution in [0.3, 0.4) is 0 Å². The van der Waals surface area contributed by atoms with E-state index in [1.165, 1.54) is 49.7 Å². The van der Waals surface area contributed by atoms with E-state index in [0.717, 1.165) is 6.42 Å². The van der Waals surface area contributed by atoms with Crippen molar-refractivity contribution in [3.05, 3.63) is 40.5 Å². The first-order valence-corrected chi connectivity index (χ1v) is 6.64. The summed E-state index contributed by atoms with van der Waals surface area (Å²) in [6.45, 7) is 2.27. The maximum Gasteiger partial charge on any atom is 0 e. The predicted octanol–water partition coefficient (Wildman–Crippen LogP) is 4.11. The van der Waals surface area contributed by atoms with E-state index in [-0.39, 0.29) is 25.8 Å². The Kier molecular flexibility index (Phi) is 4.41. The molecule has 0 bridgehead atoms. The molecule has 0 radical (unpaired) electrons. The van der Waals surface area contributed by atoms with E-state index in [9.17, 15) is 0 Å². The minimum atomic E-state index is 0. The molecule has 1 aromatic rings. The summed E-state index contributed by atoms with van der Waals surface area (Å²) in [4.78, 5) is 0. The number of allylic oxidation sites excluding steroid dienone is 2. The quantitative estimate of drug-likeness (QED) is 0.539. The number of benzene rings is 1. The van der Waals surface area contributed by atoms with Crippen LogP contribution in [0.2, 0.25) is 0 Å². The molecule has 0 aliphatic heterocycles. The maximum absolute atomic E-state index is 3.60. The van der Waals surface area contributed by atoms with E-state index >= 15 is 0 Å². The average Bonchev–Trinajstić information content (AvgIpc) is 2.91. The molecule has 2 aliphatic carbocycles. The van der Waals surface area contributed by atoms with Gasteiger partial charge in [-0.05, 0) is 19.3 Å². The molecule has 0 aromatic heterocycles. The van der Waals surface area contributed by atoms with Crippen molar-refractivity contribution < 1.29 is 25.8 Å². The van der Waals surface area contributed by atoms with Crippen LogP contribution in [0.5, 0.6) is 0 Å². The molecule has 1 aromatic carbocycles. The van der Waals surface area contributed by atoms with Crippen molar-refractivity contribution in [2.75, 3.05) is 0 Å². The normalized spacial score (nSPS) is 16.2. The molecule has 88 valence electrons. The van der Waals surface area contributed by atoms with Crippen LogP contribution in [0.25, 0.3) is 5.57 Å². The van der Waals surface area contributed by atoms with Crippen LogP contribution in [-0.4, -0.2) is 0 Å². The van der Waals surface area contributed by atoms with Crippen LogP contribution < -0.4 is 0 Å². The molecular formula is C16H19Hf-. The average molecular weight is 390 g/mol. The molecule has 3 rings (SSSR count). The van der Waals surface area contributed by atoms with Gasteiger partial charge < -0.3 is 0 Å². The van der Waals surface area contributed by atoms with E-state index in [1.54, 1.807) is 16.7 Å². The molecule has 0 unspecified atom stereocenters. The van der Waals surface area contributed by atoms with Crippen molar-refractivity contribution >= 4 is 5.57 Å². The first kappa shape index (κ1) is 13.3. The van der Waals surface area contributed by atoms with Crippen molar-refractivity contribution in [2.45, 2.75) is 51.9 Å². The topological polar surface area (TPSA) is 0 Å². The van der Waals surface area contributed by atoms with Crippen molar-refractivity contribution in [1.29, 1.82) is 0 Å². The maximum atomic E-state index is 3.60. The summed E-state index contributed by atoms with van der Waals surface area (Å²) in [6, 6.07) is 4.69. The molecule has 0 fully saturated rings. The van der Waals surface area contributed by atoms with Gasteiger partial charge in [0.1, 0.15) is 0 Å². The Labute approximate surface area is 123 Å². The fraction of sp³-hybridized carbons (Fsp3) is 0.500. The van der Waals surface area contributed by atoms with Gasteiger partial charge in [0.2, 0.25) is 0 Å². The number of unbranched alkanes of at least 4 members (excludes halogenated alkanes) is 1. The van der Waals surface area contributed by atoms with Gasteiger partial charge in [-0.15, -0.1) is 17.5 Å². The largest absolute Gasteiger partial charge is 0.268 e. The van der Waals surface area contributed by atoms with Gasteiger partial charge in [-0.25, -0.2) is 5.57 Å². The van der Waals surface area contributed by atoms with Crippen LogP contribution in [0.4, 0.5) is 0 Å². The molecule has 0 nitrogen and oxygen atoms in total. The van der Waals surface area contributed by atoms with E-state index in [0.29, 0.717) is 0 Å². The summed E-state index contributed by atoms with van der Waals surface area (Å²) >= 11 is 0. The number of rotatable bonds is 3. The second kappa shape index (κ2) is 5.65. The molecule has 0 amide bonds. The number of fused-ring (bicyclic) bond motifs is 3. The van der Waals surface area contributed by atoms with Crippen molar-refractivity contribution in [3.8, 4) is 0 Å². The first-order valence-electron chi connectivity index (χ1n) is 6.64. The standard InChI is InChI=1S/C16H19.Hf/c1-2-3-5-13-10-11-14-9-8-12-6-4-7-15(12)16(13)14;/h8-9H,2-7,11H2,1H3;/q-1;. The van der Waals surface area contributed by atoms with Crippen LogP contribution in [-0.2, 0) is 45.1 Å². The van der Waals surface area contributed by atoms with Crippen LogP contribution in [0, 0.1) is 6.08 Å². The van der Waals surface area contributed by atoms with Crippen molar-refractivity contribution in [3.63, 3.8) is 0 Å². The van der Waals surface area contributed by atoms with E-state index in [4.69, 9.17) is 0 Å². The fourth-order valence-corrected chi connectivity index (χ4v) is 3.10. The number of hydrogen-bond donors (Lipinski definition) is 0. The summed E-state index contributed by atoms with van der Waals surface area (Å²) in [5, 5.41) is 0. The third kappa shape index (κ3) is 2.36. The van der Waals surface area contributed by atoms with Crippen LogP contribution in [0.1, 0.15) is 54.9 Å². The molecule has 0 atom stereocenters. The third-order valence-corrected chi connectivity index (χ3v) is 3.94. The molecule has 17 heavy (non-hydrogen) atoms. The van der Waals surface area contributed by atoms with Gasteiger partial charge in [0, 0.05) is 25.8 Å². The zero-order valence-corrected chi connectivity index (χ0v) is 14.2. The SMILES string of the molecule is CCCCC1=[C-]Cc2ccc3c(c21)CCC3.[Hf]. The van der Waals surface area contributed by atoms with Gasteiger partial charge in [-0.1, -0.05) is 43.9 Å². The van der Waals surface area contributed by atoms with Gasteiger partial charge in [-0.2, -0.15) is 5.56 Å². The Balaban J connectivity index is 0.00000108. The Morgan fingerprint density at radius 3 is 2.82 bits per heavy atom. The van der Waals surface area contributed by atoms with Crippen LogP contribution >= 0.6 is 0 Å². The monoisotopic (exact) mass is 391 g/mol. The van der Waals surface area contributed by atoms with E-state index < -0.39 is 0 Å². The Bertz CT molecular complexity index is 443. The summed E-state index contributed by atoms with van der Waals surface area (Å²) in [7, 11) is 0. The molecule has 0 saturated carbocycles. The number of aryl methyl sites for hydroxylation is 1. The smallest absolute Gasteiger partial charge is 0 e. The van der Waals surface area contributed by atoms with Gasteiger partial charge in [0.15, 0.2) is 0 Å².